The van der Waals surface area contributed by atoms with Gasteiger partial charge >= 0.3 is 0 Å². The zero-order chi connectivity index (χ0) is 15.9. The minimum atomic E-state index is -0.0258. The highest BCUT2D eigenvalue weighted by molar-refractivity contribution is 5.91. The van der Waals surface area contributed by atoms with Gasteiger partial charge in [0.25, 0.3) is 0 Å². The summed E-state index contributed by atoms with van der Waals surface area (Å²) in [4.78, 5) is 11.9. The van der Waals surface area contributed by atoms with E-state index in [0.29, 0.717) is 25.1 Å². The third-order valence-electron chi connectivity index (χ3n) is 3.44. The summed E-state index contributed by atoms with van der Waals surface area (Å²) < 4.78 is 5.68. The van der Waals surface area contributed by atoms with Crippen LogP contribution in [0.5, 0.6) is 5.75 Å². The third kappa shape index (κ3) is 4.52. The van der Waals surface area contributed by atoms with E-state index in [9.17, 15) is 4.79 Å². The molecule has 2 aromatic carbocycles. The predicted molar refractivity (Wildman–Crippen MR) is 90.1 cm³/mol. The van der Waals surface area contributed by atoms with Gasteiger partial charge in [0.1, 0.15) is 5.75 Å². The van der Waals surface area contributed by atoms with E-state index in [0.717, 1.165) is 22.6 Å². The molecule has 0 aromatic heterocycles. The van der Waals surface area contributed by atoms with E-state index in [1.54, 1.807) is 6.07 Å². The lowest BCUT2D eigenvalue weighted by Gasteiger charge is -2.10. The highest BCUT2D eigenvalue weighted by atomic mass is 16.5. The molecule has 2 rings (SSSR count). The molecule has 0 bridgehead atoms. The first-order valence-corrected chi connectivity index (χ1v) is 7.40. The Balaban J connectivity index is 1.76. The molecule has 116 valence electrons. The Morgan fingerprint density at radius 3 is 2.68 bits per heavy atom. The Labute approximate surface area is 131 Å². The first-order valence-electron chi connectivity index (χ1n) is 7.40. The maximum Gasteiger partial charge on any atom is 0.224 e. The number of aryl methyl sites for hydroxylation is 2. The number of hydrogen-bond acceptors (Lipinski definition) is 3. The highest BCUT2D eigenvalue weighted by Gasteiger charge is 2.06. The molecule has 3 N–H and O–H groups in total. The number of hydrogen-bond donors (Lipinski definition) is 2. The van der Waals surface area contributed by atoms with E-state index in [4.69, 9.17) is 10.5 Å². The van der Waals surface area contributed by atoms with Crippen molar-refractivity contribution in [2.45, 2.75) is 26.7 Å². The van der Waals surface area contributed by atoms with Gasteiger partial charge in [0, 0.05) is 17.8 Å². The highest BCUT2D eigenvalue weighted by Crippen LogP contribution is 2.19. The van der Waals surface area contributed by atoms with Gasteiger partial charge in [-0.15, -0.1) is 0 Å². The summed E-state index contributed by atoms with van der Waals surface area (Å²) in [5.74, 6) is 0.844. The van der Waals surface area contributed by atoms with Crippen molar-refractivity contribution in [1.29, 1.82) is 0 Å². The molecule has 0 fully saturated rings. The molecule has 4 nitrogen and oxygen atoms in total. The van der Waals surface area contributed by atoms with Crippen molar-refractivity contribution < 1.29 is 9.53 Å². The van der Waals surface area contributed by atoms with Crippen molar-refractivity contribution in [2.24, 2.45) is 0 Å². The molecule has 0 heterocycles. The Morgan fingerprint density at radius 1 is 1.14 bits per heavy atom. The quantitative estimate of drug-likeness (QED) is 0.631. The molecule has 1 amide bonds. The van der Waals surface area contributed by atoms with Crippen molar-refractivity contribution in [3.63, 3.8) is 0 Å². The van der Waals surface area contributed by atoms with Crippen LogP contribution in [0.4, 0.5) is 11.4 Å². The fourth-order valence-electron chi connectivity index (χ4n) is 2.12. The largest absolute Gasteiger partial charge is 0.493 e. The molecular weight excluding hydrogens is 276 g/mol. The predicted octanol–water partition coefficient (Wildman–Crippen LogP) is 3.68. The van der Waals surface area contributed by atoms with Gasteiger partial charge in [0.2, 0.25) is 5.91 Å². The summed E-state index contributed by atoms with van der Waals surface area (Å²) >= 11 is 0. The van der Waals surface area contributed by atoms with E-state index in [-0.39, 0.29) is 5.91 Å². The van der Waals surface area contributed by atoms with Crippen LogP contribution in [-0.2, 0) is 4.79 Å². The number of nitrogens with two attached hydrogens (primary N) is 1. The van der Waals surface area contributed by atoms with Gasteiger partial charge in [-0.3, -0.25) is 4.79 Å². The molecular formula is C18H22N2O2. The third-order valence-corrected chi connectivity index (χ3v) is 3.44. The fourth-order valence-corrected chi connectivity index (χ4v) is 2.12. The molecule has 0 saturated carbocycles. The van der Waals surface area contributed by atoms with Crippen molar-refractivity contribution in [1.82, 2.24) is 0 Å². The van der Waals surface area contributed by atoms with E-state index in [2.05, 4.69) is 5.32 Å². The molecule has 0 aliphatic rings. The van der Waals surface area contributed by atoms with E-state index < -0.39 is 0 Å². The lowest BCUT2D eigenvalue weighted by molar-refractivity contribution is -0.116. The van der Waals surface area contributed by atoms with E-state index >= 15 is 0 Å². The smallest absolute Gasteiger partial charge is 0.224 e. The maximum absolute atomic E-state index is 11.9. The topological polar surface area (TPSA) is 64.3 Å². The lowest BCUT2D eigenvalue weighted by atomic mass is 10.1. The van der Waals surface area contributed by atoms with Crippen LogP contribution < -0.4 is 15.8 Å². The summed E-state index contributed by atoms with van der Waals surface area (Å²) in [5, 5.41) is 2.89. The van der Waals surface area contributed by atoms with Gasteiger partial charge in [0.15, 0.2) is 0 Å². The second-order valence-electron chi connectivity index (χ2n) is 5.34. The maximum atomic E-state index is 11.9. The monoisotopic (exact) mass is 298 g/mol. The number of para-hydroxylation sites is 1. The zero-order valence-electron chi connectivity index (χ0n) is 13.1. The van der Waals surface area contributed by atoms with Gasteiger partial charge in [-0.2, -0.15) is 0 Å². The Kier molecular flexibility index (Phi) is 5.42. The van der Waals surface area contributed by atoms with Crippen LogP contribution in [0.1, 0.15) is 24.0 Å². The number of anilines is 2. The second-order valence-corrected chi connectivity index (χ2v) is 5.34. The van der Waals surface area contributed by atoms with Gasteiger partial charge in [-0.05, 0) is 49.6 Å². The first-order chi connectivity index (χ1) is 10.6. The molecule has 2 aromatic rings. The lowest BCUT2D eigenvalue weighted by Crippen LogP contribution is -2.14. The van der Waals surface area contributed by atoms with Crippen LogP contribution in [0.25, 0.3) is 0 Å². The zero-order valence-corrected chi connectivity index (χ0v) is 13.1. The first kappa shape index (κ1) is 15.9. The fraction of sp³-hybridized carbons (Fsp3) is 0.278. The SMILES string of the molecule is Cc1ccc(N)cc1NC(=O)CCCOc1ccccc1C. The molecule has 0 radical (unpaired) electrons. The summed E-state index contributed by atoms with van der Waals surface area (Å²) in [5.41, 5.74) is 9.24. The Bertz CT molecular complexity index is 653. The van der Waals surface area contributed by atoms with Crippen LogP contribution in [0.15, 0.2) is 42.5 Å². The minimum absolute atomic E-state index is 0.0258. The molecule has 22 heavy (non-hydrogen) atoms. The summed E-state index contributed by atoms with van der Waals surface area (Å²) in [6, 6.07) is 13.3. The van der Waals surface area contributed by atoms with Gasteiger partial charge < -0.3 is 15.8 Å². The molecule has 0 aliphatic carbocycles. The van der Waals surface area contributed by atoms with E-state index in [1.165, 1.54) is 0 Å². The molecule has 0 spiro atoms. The van der Waals surface area contributed by atoms with Crippen LogP contribution in [0.2, 0.25) is 0 Å². The van der Waals surface area contributed by atoms with Crippen LogP contribution >= 0.6 is 0 Å². The van der Waals surface area contributed by atoms with Crippen molar-refractivity contribution in [3.8, 4) is 5.75 Å². The molecule has 0 aliphatic heterocycles. The number of amides is 1. The average Bonchev–Trinajstić information content (AvgIpc) is 2.49. The Hall–Kier alpha value is -2.49. The molecule has 0 unspecified atom stereocenters. The molecule has 4 heteroatoms. The minimum Gasteiger partial charge on any atom is -0.493 e. The average molecular weight is 298 g/mol. The van der Waals surface area contributed by atoms with Crippen LogP contribution in [-0.4, -0.2) is 12.5 Å². The number of benzene rings is 2. The Morgan fingerprint density at radius 2 is 1.91 bits per heavy atom. The van der Waals surface area contributed by atoms with Gasteiger partial charge in [-0.25, -0.2) is 0 Å². The summed E-state index contributed by atoms with van der Waals surface area (Å²) in [6.07, 6.45) is 1.08. The summed E-state index contributed by atoms with van der Waals surface area (Å²) in [6.45, 7) is 4.47. The number of ether oxygens (including phenoxy) is 1. The number of nitrogens with one attached hydrogen (secondary N) is 1. The normalized spacial score (nSPS) is 10.3. The standard InChI is InChI=1S/C18H22N2O2/c1-13-9-10-15(19)12-16(13)20-18(21)8-5-11-22-17-7-4-3-6-14(17)2/h3-4,6-7,9-10,12H,5,8,11,19H2,1-2H3,(H,20,21). The van der Waals surface area contributed by atoms with E-state index in [1.807, 2.05) is 50.2 Å². The number of nitrogen functional groups attached to an aromatic ring is 1. The molecule has 0 atom stereocenters. The van der Waals surface area contributed by atoms with Crippen molar-refractivity contribution in [3.05, 3.63) is 53.6 Å². The van der Waals surface area contributed by atoms with Crippen molar-refractivity contribution >= 4 is 17.3 Å². The number of rotatable bonds is 6. The van der Waals surface area contributed by atoms with Gasteiger partial charge in [0.05, 0.1) is 6.61 Å². The molecule has 0 saturated heterocycles. The second kappa shape index (κ2) is 7.50. The summed E-state index contributed by atoms with van der Waals surface area (Å²) in [7, 11) is 0. The van der Waals surface area contributed by atoms with Gasteiger partial charge in [-0.1, -0.05) is 24.3 Å². The number of carbonyl (C=O) groups is 1. The van der Waals surface area contributed by atoms with Crippen molar-refractivity contribution in [2.75, 3.05) is 17.7 Å². The number of carbonyl (C=O) groups excluding carboxylic acids is 1. The van der Waals surface area contributed by atoms with Crippen LogP contribution in [0.3, 0.4) is 0 Å². The van der Waals surface area contributed by atoms with Crippen LogP contribution in [0, 0.1) is 13.8 Å².